The van der Waals surface area contributed by atoms with Gasteiger partial charge in [-0.15, -0.1) is 0 Å². The number of likely N-dealkylation sites (tertiary alicyclic amines) is 1. The second kappa shape index (κ2) is 10.7. The van der Waals surface area contributed by atoms with Crippen LogP contribution in [0.5, 0.6) is 11.5 Å². The largest absolute Gasteiger partial charge is 0.495 e. The van der Waals surface area contributed by atoms with Crippen molar-refractivity contribution >= 4 is 52.1 Å². The topological polar surface area (TPSA) is 123 Å². The number of hydrogen-bond donors (Lipinski definition) is 2. The van der Waals surface area contributed by atoms with Gasteiger partial charge in [-0.05, 0) is 38.5 Å². The van der Waals surface area contributed by atoms with Crippen LogP contribution >= 0.6 is 23.2 Å². The third kappa shape index (κ3) is 5.66. The van der Waals surface area contributed by atoms with E-state index >= 15 is 0 Å². The Labute approximate surface area is 229 Å². The highest BCUT2D eigenvalue weighted by molar-refractivity contribution is 6.41. The molecule has 1 aliphatic rings. The van der Waals surface area contributed by atoms with E-state index in [9.17, 15) is 14.7 Å². The van der Waals surface area contributed by atoms with Crippen LogP contribution in [0.25, 0.3) is 22.0 Å². The van der Waals surface area contributed by atoms with E-state index in [-0.39, 0.29) is 19.0 Å². The molecule has 0 spiro atoms. The molecule has 2 atom stereocenters. The van der Waals surface area contributed by atoms with Gasteiger partial charge < -0.3 is 24.6 Å². The van der Waals surface area contributed by atoms with Crippen LogP contribution in [0.15, 0.2) is 30.5 Å². The molecule has 4 rings (SSSR count). The molecule has 202 valence electrons. The van der Waals surface area contributed by atoms with E-state index in [0.717, 1.165) is 10.9 Å². The molecule has 1 amide bonds. The minimum absolute atomic E-state index is 0.140. The van der Waals surface area contributed by atoms with Gasteiger partial charge in [0.2, 0.25) is 5.95 Å². The maximum absolute atomic E-state index is 12.6. The van der Waals surface area contributed by atoms with Crippen LogP contribution in [-0.4, -0.2) is 70.5 Å². The summed E-state index contributed by atoms with van der Waals surface area (Å²) >= 11 is 13.1. The fraction of sp³-hybridized carbons (Fsp3) is 0.385. The second-order valence-corrected chi connectivity index (χ2v) is 10.6. The molecule has 3 aromatic rings. The molecule has 1 saturated heterocycles. The average molecular weight is 563 g/mol. The smallest absolute Gasteiger partial charge is 0.411 e. The highest BCUT2D eigenvalue weighted by atomic mass is 35.5. The standard InChI is InChI=1S/C26H28Cl2N4O6/c1-26(2,3)38-25(35)32-12-15(9-17(32)23(33)34)30-24-29-11-14-8-13(6-7-16(14)31-24)20-21(27)18(36-4)10-19(37-5)22(20)28/h6-8,10-11,15,17H,9,12H2,1-5H3,(H,33,34)(H,29,30,31)/t15-,17-/m0/s1. The molecular formula is C26H28Cl2N4O6. The number of nitrogens with zero attached hydrogens (tertiary/aromatic N) is 3. The molecule has 38 heavy (non-hydrogen) atoms. The highest BCUT2D eigenvalue weighted by Crippen LogP contribution is 2.46. The van der Waals surface area contributed by atoms with Crippen molar-refractivity contribution in [3.05, 3.63) is 40.5 Å². The zero-order valence-corrected chi connectivity index (χ0v) is 23.1. The summed E-state index contributed by atoms with van der Waals surface area (Å²) in [5.74, 6) is 0.0640. The van der Waals surface area contributed by atoms with E-state index in [1.165, 1.54) is 19.1 Å². The van der Waals surface area contributed by atoms with E-state index < -0.39 is 23.7 Å². The van der Waals surface area contributed by atoms with Gasteiger partial charge >= 0.3 is 12.1 Å². The molecule has 10 nitrogen and oxygen atoms in total. The molecule has 2 aromatic carbocycles. The lowest BCUT2D eigenvalue weighted by Crippen LogP contribution is -2.43. The minimum atomic E-state index is -1.10. The number of aliphatic carboxylic acids is 1. The number of carboxylic acid groups (broad SMARTS) is 1. The molecule has 0 bridgehead atoms. The monoisotopic (exact) mass is 562 g/mol. The SMILES string of the molecule is COc1cc(OC)c(Cl)c(-c2ccc3nc(N[C@H]4C[C@@H](C(=O)O)N(C(=O)OC(C)(C)C)C4)ncc3c2)c1Cl. The van der Waals surface area contributed by atoms with Gasteiger partial charge in [0.15, 0.2) is 0 Å². The summed E-state index contributed by atoms with van der Waals surface area (Å²) in [5.41, 5.74) is 1.19. The van der Waals surface area contributed by atoms with Crippen molar-refractivity contribution in [2.24, 2.45) is 0 Å². The summed E-state index contributed by atoms with van der Waals surface area (Å²) < 4.78 is 16.1. The first-order chi connectivity index (χ1) is 17.9. The number of hydrogen-bond acceptors (Lipinski definition) is 8. The average Bonchev–Trinajstić information content (AvgIpc) is 3.28. The summed E-state index contributed by atoms with van der Waals surface area (Å²) in [7, 11) is 3.02. The van der Waals surface area contributed by atoms with Crippen LogP contribution in [0.3, 0.4) is 0 Å². The molecule has 0 unspecified atom stereocenters. The van der Waals surface area contributed by atoms with Crippen LogP contribution in [0, 0.1) is 0 Å². The molecule has 2 heterocycles. The van der Waals surface area contributed by atoms with Crippen molar-refractivity contribution in [2.75, 3.05) is 26.1 Å². The van der Waals surface area contributed by atoms with Gasteiger partial charge in [-0.25, -0.2) is 19.6 Å². The number of benzene rings is 2. The van der Waals surface area contributed by atoms with Gasteiger partial charge in [-0.3, -0.25) is 4.90 Å². The Morgan fingerprint density at radius 3 is 2.34 bits per heavy atom. The number of carbonyl (C=O) groups is 2. The van der Waals surface area contributed by atoms with Gasteiger partial charge in [0.1, 0.15) is 23.1 Å². The summed E-state index contributed by atoms with van der Waals surface area (Å²) in [6.07, 6.45) is 1.15. The molecule has 0 saturated carbocycles. The minimum Gasteiger partial charge on any atom is -0.495 e. The lowest BCUT2D eigenvalue weighted by molar-refractivity contribution is -0.142. The van der Waals surface area contributed by atoms with E-state index in [1.807, 2.05) is 12.1 Å². The van der Waals surface area contributed by atoms with Gasteiger partial charge in [0.25, 0.3) is 0 Å². The Morgan fingerprint density at radius 2 is 1.76 bits per heavy atom. The first kappa shape index (κ1) is 27.5. The van der Waals surface area contributed by atoms with Gasteiger partial charge in [-0.1, -0.05) is 29.3 Å². The van der Waals surface area contributed by atoms with E-state index in [4.69, 9.17) is 37.4 Å². The Morgan fingerprint density at radius 1 is 1.11 bits per heavy atom. The van der Waals surface area contributed by atoms with E-state index in [2.05, 4.69) is 15.3 Å². The Kier molecular flexibility index (Phi) is 7.75. The molecule has 1 aromatic heterocycles. The van der Waals surface area contributed by atoms with Crippen LogP contribution in [-0.2, 0) is 9.53 Å². The Bertz CT molecular complexity index is 1370. The zero-order chi connectivity index (χ0) is 27.8. The number of fused-ring (bicyclic) bond motifs is 1. The Hall–Kier alpha value is -3.50. The van der Waals surface area contributed by atoms with Crippen molar-refractivity contribution in [1.29, 1.82) is 0 Å². The van der Waals surface area contributed by atoms with Gasteiger partial charge in [0.05, 0.1) is 29.8 Å². The second-order valence-electron chi connectivity index (χ2n) is 9.81. The normalized spacial score (nSPS) is 17.4. The number of halogens is 2. The van der Waals surface area contributed by atoms with Crippen molar-refractivity contribution < 1.29 is 28.9 Å². The van der Waals surface area contributed by atoms with Crippen molar-refractivity contribution in [3.63, 3.8) is 0 Å². The molecule has 1 aliphatic heterocycles. The lowest BCUT2D eigenvalue weighted by Gasteiger charge is -2.26. The third-order valence-corrected chi connectivity index (χ3v) is 6.74. The van der Waals surface area contributed by atoms with Crippen molar-refractivity contribution in [1.82, 2.24) is 14.9 Å². The van der Waals surface area contributed by atoms with E-state index in [1.54, 1.807) is 39.1 Å². The summed E-state index contributed by atoms with van der Waals surface area (Å²) in [6.45, 7) is 5.33. The van der Waals surface area contributed by atoms with E-state index in [0.29, 0.717) is 38.6 Å². The fourth-order valence-corrected chi connectivity index (χ4v) is 5.00. The van der Waals surface area contributed by atoms with Crippen LogP contribution in [0.1, 0.15) is 27.2 Å². The predicted octanol–water partition coefficient (Wildman–Crippen LogP) is 5.50. The summed E-state index contributed by atoms with van der Waals surface area (Å²) in [4.78, 5) is 34.5. The first-order valence-corrected chi connectivity index (χ1v) is 12.5. The Balaban J connectivity index is 1.58. The highest BCUT2D eigenvalue weighted by Gasteiger charge is 2.41. The molecule has 12 heteroatoms. The van der Waals surface area contributed by atoms with Crippen molar-refractivity contribution in [2.45, 2.75) is 44.9 Å². The van der Waals surface area contributed by atoms with Crippen LogP contribution < -0.4 is 14.8 Å². The first-order valence-electron chi connectivity index (χ1n) is 11.8. The van der Waals surface area contributed by atoms with Gasteiger partial charge in [0, 0.05) is 42.2 Å². The lowest BCUT2D eigenvalue weighted by atomic mass is 10.0. The quantitative estimate of drug-likeness (QED) is 0.401. The molecule has 0 radical (unpaired) electrons. The number of anilines is 1. The number of aromatic nitrogens is 2. The predicted molar refractivity (Wildman–Crippen MR) is 144 cm³/mol. The molecule has 2 N–H and O–H groups in total. The zero-order valence-electron chi connectivity index (χ0n) is 21.5. The van der Waals surface area contributed by atoms with Crippen molar-refractivity contribution in [3.8, 4) is 22.6 Å². The summed E-state index contributed by atoms with van der Waals surface area (Å²) in [6, 6.07) is 5.72. The molecule has 1 fully saturated rings. The number of carbonyl (C=O) groups excluding carboxylic acids is 1. The number of methoxy groups -OCH3 is 2. The molecular weight excluding hydrogens is 535 g/mol. The maximum atomic E-state index is 12.6. The summed E-state index contributed by atoms with van der Waals surface area (Å²) in [5, 5.41) is 14.2. The number of rotatable bonds is 6. The third-order valence-electron chi connectivity index (χ3n) is 5.99. The number of carboxylic acids is 1. The van der Waals surface area contributed by atoms with Crippen LogP contribution in [0.2, 0.25) is 10.0 Å². The molecule has 0 aliphatic carbocycles. The number of ether oxygens (including phenoxy) is 3. The fourth-order valence-electron chi connectivity index (χ4n) is 4.28. The number of amides is 1. The maximum Gasteiger partial charge on any atom is 0.411 e. The number of nitrogens with one attached hydrogen (secondary N) is 1. The van der Waals surface area contributed by atoms with Crippen LogP contribution in [0.4, 0.5) is 10.7 Å². The van der Waals surface area contributed by atoms with Gasteiger partial charge in [-0.2, -0.15) is 0 Å².